The van der Waals surface area contributed by atoms with Gasteiger partial charge in [-0.15, -0.1) is 11.3 Å². The number of fused-ring (bicyclic) bond motifs is 2. The molecule has 3 aliphatic rings. The minimum atomic E-state index is -4.41. The molecule has 2 aromatic heterocycles. The van der Waals surface area contributed by atoms with Gasteiger partial charge in [-0.1, -0.05) is 17.7 Å². The van der Waals surface area contributed by atoms with Crippen LogP contribution in [0.5, 0.6) is 0 Å². The van der Waals surface area contributed by atoms with Crippen LogP contribution in [0.2, 0.25) is 5.02 Å². The summed E-state index contributed by atoms with van der Waals surface area (Å²) >= 11 is 8.05. The van der Waals surface area contributed by atoms with Crippen molar-refractivity contribution in [2.45, 2.75) is 99.1 Å². The molecule has 17 heteroatoms. The summed E-state index contributed by atoms with van der Waals surface area (Å²) < 4.78 is 61.7. The molecule has 4 aromatic rings. The number of sulfonamides is 2. The Morgan fingerprint density at radius 2 is 1.60 bits per heavy atom. The number of anilines is 2. The van der Waals surface area contributed by atoms with Crippen molar-refractivity contribution in [1.29, 1.82) is 0 Å². The lowest BCUT2D eigenvalue weighted by molar-refractivity contribution is 0.0789. The normalized spacial score (nSPS) is 17.6. The smallest absolute Gasteiger partial charge is 0.333 e. The van der Waals surface area contributed by atoms with Gasteiger partial charge in [0.1, 0.15) is 4.21 Å². The summed E-state index contributed by atoms with van der Waals surface area (Å²) in [7, 11) is -8.68. The first-order valence-electron chi connectivity index (χ1n) is 17.0. The van der Waals surface area contributed by atoms with E-state index < -0.39 is 48.4 Å². The number of rotatable bonds is 9. The van der Waals surface area contributed by atoms with Crippen LogP contribution < -0.4 is 20.1 Å². The highest BCUT2D eigenvalue weighted by Gasteiger charge is 2.44. The van der Waals surface area contributed by atoms with E-state index in [4.69, 9.17) is 16.0 Å². The van der Waals surface area contributed by atoms with Crippen LogP contribution in [0.4, 0.5) is 21.0 Å². The van der Waals surface area contributed by atoms with Crippen LogP contribution in [-0.4, -0.2) is 39.1 Å². The number of furan rings is 1. The summed E-state index contributed by atoms with van der Waals surface area (Å²) in [5.74, 6) is -0.357. The van der Waals surface area contributed by atoms with E-state index in [1.807, 2.05) is 24.6 Å². The second kappa shape index (κ2) is 13.1. The Hall–Kier alpha value is -3.93. The van der Waals surface area contributed by atoms with Crippen LogP contribution in [0.3, 0.4) is 0 Å². The molecule has 6 N–H and O–H groups in total. The van der Waals surface area contributed by atoms with E-state index in [0.717, 1.165) is 56.7 Å². The fraction of sp³-hybridized carbons (Fsp3) is 0.389. The lowest BCUT2D eigenvalue weighted by Gasteiger charge is -2.24. The Bertz CT molecular complexity index is 2410. The van der Waals surface area contributed by atoms with Crippen molar-refractivity contribution in [2.24, 2.45) is 0 Å². The molecule has 0 aliphatic heterocycles. The minimum Gasteiger partial charge on any atom is -0.451 e. The molecular weight excluding hydrogens is 764 g/mol. The summed E-state index contributed by atoms with van der Waals surface area (Å²) in [6.07, 6.45) is 5.23. The Morgan fingerprint density at radius 3 is 2.28 bits per heavy atom. The third-order valence-corrected chi connectivity index (χ3v) is 14.5. The molecule has 4 amide bonds. The first-order valence-corrected chi connectivity index (χ1v) is 21.3. The highest BCUT2D eigenvalue weighted by Crippen LogP contribution is 2.52. The van der Waals surface area contributed by atoms with Crippen molar-refractivity contribution in [1.82, 2.24) is 9.44 Å². The number of carbonyl (C=O) groups is 2. The van der Waals surface area contributed by atoms with Crippen molar-refractivity contribution in [3.05, 3.63) is 91.0 Å². The number of urea groups is 2. The Morgan fingerprint density at radius 1 is 0.925 bits per heavy atom. The van der Waals surface area contributed by atoms with Gasteiger partial charge in [-0.05, 0) is 135 Å². The van der Waals surface area contributed by atoms with Gasteiger partial charge in [0.2, 0.25) is 5.09 Å². The number of carbonyl (C=O) groups excluding carboxylic acids is 2. The van der Waals surface area contributed by atoms with Gasteiger partial charge in [-0.25, -0.2) is 27.5 Å². The van der Waals surface area contributed by atoms with Crippen LogP contribution in [0.1, 0.15) is 95.5 Å². The summed E-state index contributed by atoms with van der Waals surface area (Å²) in [4.78, 5) is 26.7. The molecule has 2 aromatic carbocycles. The molecule has 1 fully saturated rings. The van der Waals surface area contributed by atoms with E-state index in [-0.39, 0.29) is 10.1 Å². The molecule has 0 saturated heterocycles. The van der Waals surface area contributed by atoms with Crippen molar-refractivity contribution in [3.63, 3.8) is 0 Å². The van der Waals surface area contributed by atoms with Gasteiger partial charge in [0.25, 0.3) is 20.0 Å². The number of halogens is 1. The van der Waals surface area contributed by atoms with Crippen LogP contribution in [0.15, 0.2) is 49.6 Å². The second-order valence-corrected chi connectivity index (χ2v) is 19.4. The Labute approximate surface area is 316 Å². The summed E-state index contributed by atoms with van der Waals surface area (Å²) in [6, 6.07) is 4.30. The molecule has 3 aliphatic carbocycles. The summed E-state index contributed by atoms with van der Waals surface area (Å²) in [6.45, 7) is 6.82. The molecule has 1 atom stereocenters. The highest BCUT2D eigenvalue weighted by atomic mass is 35.5. The number of aryl methyl sites for hydroxylation is 2. The predicted molar refractivity (Wildman–Crippen MR) is 200 cm³/mol. The first-order chi connectivity index (χ1) is 24.8. The zero-order chi connectivity index (χ0) is 38.2. The van der Waals surface area contributed by atoms with Crippen LogP contribution in [0, 0.1) is 13.8 Å². The third-order valence-electron chi connectivity index (χ3n) is 10.1. The Balaban J connectivity index is 1.18. The second-order valence-electron chi connectivity index (χ2n) is 14.5. The molecule has 13 nitrogen and oxygen atoms in total. The average Bonchev–Trinajstić information content (AvgIpc) is 3.65. The number of amides is 4. The molecule has 7 rings (SSSR count). The molecular formula is C36H39ClN4O9S3. The molecule has 282 valence electrons. The highest BCUT2D eigenvalue weighted by molar-refractivity contribution is 7.92. The third kappa shape index (κ3) is 7.08. The molecule has 0 radical (unpaired) electrons. The van der Waals surface area contributed by atoms with Gasteiger partial charge in [0, 0.05) is 33.9 Å². The Kier molecular flexibility index (Phi) is 9.26. The van der Waals surface area contributed by atoms with Crippen molar-refractivity contribution in [3.8, 4) is 0 Å². The van der Waals surface area contributed by atoms with E-state index in [1.54, 1.807) is 6.07 Å². The standard InChI is InChI=1S/C36H39ClN4O9S3/c1-18-12-19(2)29(26(13-18)38-33(42)41-53(48,49)28-15-21(17-51-28)35(3,4)44)24-8-9-25-30(24)31(37)22-6-5-7-23(22)32(25)39-34(43)40-52(46,47)27-14-20(16-50-27)36(45)10-11-36/h12-17,24,44-45H,5-11H2,1-4H3,(H2,38,41,42)(H2,39,40,43). The van der Waals surface area contributed by atoms with Gasteiger partial charge in [-0.2, -0.15) is 8.42 Å². The van der Waals surface area contributed by atoms with E-state index in [0.29, 0.717) is 66.0 Å². The van der Waals surface area contributed by atoms with E-state index in [1.165, 1.54) is 37.6 Å². The summed E-state index contributed by atoms with van der Waals surface area (Å²) in [5.41, 5.74) is 4.82. The molecule has 0 bridgehead atoms. The van der Waals surface area contributed by atoms with Gasteiger partial charge in [-0.3, -0.25) is 0 Å². The van der Waals surface area contributed by atoms with E-state index >= 15 is 0 Å². The van der Waals surface area contributed by atoms with Gasteiger partial charge in [0.05, 0.1) is 17.5 Å². The maximum Gasteiger partial charge on any atom is 0.333 e. The molecule has 1 saturated carbocycles. The van der Waals surface area contributed by atoms with Gasteiger partial charge in [0.15, 0.2) is 0 Å². The minimum absolute atomic E-state index is 0.127. The van der Waals surface area contributed by atoms with Crippen LogP contribution in [-0.2, 0) is 50.5 Å². The number of nitrogens with one attached hydrogen (secondary N) is 4. The van der Waals surface area contributed by atoms with Crippen molar-refractivity contribution < 1.29 is 41.1 Å². The SMILES string of the molecule is Cc1cc(C)c(C2CCc3c(NC(=O)NS(=O)(=O)c4cc(C5(O)CC5)co4)c4c(c(Cl)c32)CCC4)c(NC(=O)NS(=O)(=O)c2cc(C(C)(C)O)cs2)c1. The zero-order valence-electron chi connectivity index (χ0n) is 29.3. The topological polar surface area (TPSA) is 204 Å². The quantitative estimate of drug-likeness (QED) is 0.111. The molecule has 1 unspecified atom stereocenters. The monoisotopic (exact) mass is 802 g/mol. The fourth-order valence-corrected chi connectivity index (χ4v) is 11.0. The molecule has 0 spiro atoms. The summed E-state index contributed by atoms with van der Waals surface area (Å²) in [5, 5.41) is 27.8. The first kappa shape index (κ1) is 37.4. The number of benzene rings is 2. The number of hydrogen-bond acceptors (Lipinski definition) is 10. The van der Waals surface area contributed by atoms with Crippen molar-refractivity contribution >= 4 is 66.4 Å². The predicted octanol–water partition coefficient (Wildman–Crippen LogP) is 6.41. The maximum absolute atomic E-state index is 13.3. The fourth-order valence-electron chi connectivity index (χ4n) is 7.43. The van der Waals surface area contributed by atoms with Crippen LogP contribution in [0.25, 0.3) is 0 Å². The molecule has 2 heterocycles. The van der Waals surface area contributed by atoms with Gasteiger partial charge < -0.3 is 25.3 Å². The lowest BCUT2D eigenvalue weighted by atomic mass is 9.86. The zero-order valence-corrected chi connectivity index (χ0v) is 32.6. The average molecular weight is 803 g/mol. The lowest BCUT2D eigenvalue weighted by Crippen LogP contribution is -2.35. The molecule has 53 heavy (non-hydrogen) atoms. The van der Waals surface area contributed by atoms with Crippen LogP contribution >= 0.6 is 22.9 Å². The number of thiophene rings is 1. The largest absolute Gasteiger partial charge is 0.451 e. The van der Waals surface area contributed by atoms with Gasteiger partial charge >= 0.3 is 12.1 Å². The number of aliphatic hydroxyl groups is 2. The van der Waals surface area contributed by atoms with E-state index in [2.05, 4.69) is 15.4 Å². The maximum atomic E-state index is 13.3. The van der Waals surface area contributed by atoms with E-state index in [9.17, 15) is 36.6 Å². The van der Waals surface area contributed by atoms with Crippen molar-refractivity contribution in [2.75, 3.05) is 10.6 Å². The number of hydrogen-bond donors (Lipinski definition) is 6.